The average molecular weight is 311 g/mol. The second-order valence-electron chi connectivity index (χ2n) is 5.05. The Hall–Kier alpha value is -1.60. The number of benzene rings is 1. The predicted octanol–water partition coefficient (Wildman–Crippen LogP) is 0.848. The Balaban J connectivity index is 2.26. The van der Waals surface area contributed by atoms with Gasteiger partial charge in [0.1, 0.15) is 0 Å². The van der Waals surface area contributed by atoms with E-state index in [0.29, 0.717) is 6.54 Å². The van der Waals surface area contributed by atoms with E-state index in [1.807, 2.05) is 6.07 Å². The van der Waals surface area contributed by atoms with Crippen LogP contribution in [-0.2, 0) is 21.2 Å². The van der Waals surface area contributed by atoms with Crippen molar-refractivity contribution < 1.29 is 13.2 Å². The van der Waals surface area contributed by atoms with Crippen LogP contribution in [0.15, 0.2) is 23.1 Å². The predicted molar refractivity (Wildman–Crippen MR) is 81.7 cm³/mol. The fraction of sp³-hybridized carbons (Fsp3) is 0.500. The Morgan fingerprint density at radius 1 is 1.43 bits per heavy atom. The molecule has 0 spiro atoms. The maximum absolute atomic E-state index is 12.5. The Bertz CT molecular complexity index is 628. The largest absolute Gasteiger partial charge is 0.385 e. The molecule has 1 amide bonds. The van der Waals surface area contributed by atoms with Gasteiger partial charge in [0.05, 0.1) is 10.9 Å². The molecule has 0 aromatic heterocycles. The molecular formula is C14H21N3O3S. The molecule has 21 heavy (non-hydrogen) atoms. The summed E-state index contributed by atoms with van der Waals surface area (Å²) in [7, 11) is -3.72. The number of rotatable bonds is 5. The molecule has 6 nitrogen and oxygen atoms in total. The van der Waals surface area contributed by atoms with Crippen LogP contribution in [-0.4, -0.2) is 33.5 Å². The molecule has 7 heteroatoms. The number of hydrogen-bond acceptors (Lipinski definition) is 4. The molecule has 116 valence electrons. The Morgan fingerprint density at radius 3 is 2.90 bits per heavy atom. The minimum absolute atomic E-state index is 0.253. The van der Waals surface area contributed by atoms with Gasteiger partial charge in [0.25, 0.3) is 0 Å². The summed E-state index contributed by atoms with van der Waals surface area (Å²) in [5.74, 6) is -0.330. The summed E-state index contributed by atoms with van der Waals surface area (Å²) in [5.41, 5.74) is 1.65. The summed E-state index contributed by atoms with van der Waals surface area (Å²) in [4.78, 5) is 11.9. The van der Waals surface area contributed by atoms with Gasteiger partial charge in [-0.3, -0.25) is 4.79 Å². The highest BCUT2D eigenvalue weighted by molar-refractivity contribution is 7.89. The molecule has 0 saturated heterocycles. The Kier molecular flexibility index (Phi) is 4.84. The number of hydrogen-bond donors (Lipinski definition) is 3. The van der Waals surface area contributed by atoms with Crippen LogP contribution in [0.4, 0.5) is 5.69 Å². The van der Waals surface area contributed by atoms with E-state index in [1.54, 1.807) is 19.1 Å². The third kappa shape index (κ3) is 3.54. The van der Waals surface area contributed by atoms with E-state index in [1.165, 1.54) is 6.92 Å². The first-order valence-electron chi connectivity index (χ1n) is 7.11. The molecule has 1 aliphatic rings. The normalized spacial score (nSPS) is 15.7. The number of nitrogens with one attached hydrogen (secondary N) is 3. The molecule has 0 aliphatic carbocycles. The van der Waals surface area contributed by atoms with Crippen LogP contribution in [0.25, 0.3) is 0 Å². The maximum Gasteiger partial charge on any atom is 0.241 e. The van der Waals surface area contributed by atoms with Gasteiger partial charge in [-0.1, -0.05) is 6.07 Å². The molecule has 1 aliphatic heterocycles. The first-order chi connectivity index (χ1) is 9.95. The van der Waals surface area contributed by atoms with Crippen LogP contribution < -0.4 is 15.4 Å². The molecule has 2 rings (SSSR count). The van der Waals surface area contributed by atoms with Crippen molar-refractivity contribution in [1.82, 2.24) is 10.0 Å². The number of sulfonamides is 1. The number of anilines is 1. The molecular weight excluding hydrogens is 290 g/mol. The summed E-state index contributed by atoms with van der Waals surface area (Å²) in [6.07, 6.45) is 1.61. The zero-order chi connectivity index (χ0) is 15.5. The molecule has 0 radical (unpaired) electrons. The molecule has 0 bridgehead atoms. The molecule has 1 aromatic carbocycles. The smallest absolute Gasteiger partial charge is 0.241 e. The highest BCUT2D eigenvalue weighted by atomic mass is 32.2. The average Bonchev–Trinajstić information content (AvgIpc) is 2.46. The second-order valence-corrected chi connectivity index (χ2v) is 6.73. The van der Waals surface area contributed by atoms with Crippen molar-refractivity contribution >= 4 is 21.6 Å². The summed E-state index contributed by atoms with van der Waals surface area (Å²) in [5, 5.41) is 5.80. The van der Waals surface area contributed by atoms with Gasteiger partial charge >= 0.3 is 0 Å². The van der Waals surface area contributed by atoms with E-state index in [-0.39, 0.29) is 10.8 Å². The van der Waals surface area contributed by atoms with E-state index < -0.39 is 16.1 Å². The topological polar surface area (TPSA) is 87.3 Å². The minimum Gasteiger partial charge on any atom is -0.385 e. The van der Waals surface area contributed by atoms with Crippen LogP contribution in [0, 0.1) is 0 Å². The number of amides is 1. The fourth-order valence-electron chi connectivity index (χ4n) is 2.41. The first kappa shape index (κ1) is 15.8. The molecule has 3 N–H and O–H groups in total. The number of carbonyl (C=O) groups excluding carboxylic acids is 1. The van der Waals surface area contributed by atoms with Gasteiger partial charge in [0.15, 0.2) is 0 Å². The van der Waals surface area contributed by atoms with Gasteiger partial charge in [-0.2, -0.15) is 4.72 Å². The lowest BCUT2D eigenvalue weighted by molar-refractivity contribution is -0.122. The SMILES string of the molecule is CCNC(=O)C(C)NS(=O)(=O)c1cccc2c1CCCN2. The highest BCUT2D eigenvalue weighted by Crippen LogP contribution is 2.28. The van der Waals surface area contributed by atoms with E-state index in [4.69, 9.17) is 0 Å². The number of fused-ring (bicyclic) bond motifs is 1. The molecule has 1 heterocycles. The lowest BCUT2D eigenvalue weighted by Gasteiger charge is -2.22. The molecule has 1 atom stereocenters. The van der Waals surface area contributed by atoms with E-state index >= 15 is 0 Å². The van der Waals surface area contributed by atoms with Gasteiger partial charge in [-0.25, -0.2) is 8.42 Å². The molecule has 0 saturated carbocycles. The molecule has 0 fully saturated rings. The van der Waals surface area contributed by atoms with E-state index in [2.05, 4.69) is 15.4 Å². The Morgan fingerprint density at radius 2 is 2.19 bits per heavy atom. The second kappa shape index (κ2) is 6.44. The van der Waals surface area contributed by atoms with E-state index in [9.17, 15) is 13.2 Å². The van der Waals surface area contributed by atoms with Crippen LogP contribution in [0.3, 0.4) is 0 Å². The van der Waals surface area contributed by atoms with Crippen molar-refractivity contribution in [3.8, 4) is 0 Å². The maximum atomic E-state index is 12.5. The minimum atomic E-state index is -3.72. The quantitative estimate of drug-likeness (QED) is 0.752. The van der Waals surface area contributed by atoms with Gasteiger partial charge in [0.2, 0.25) is 15.9 Å². The monoisotopic (exact) mass is 311 g/mol. The molecule has 1 unspecified atom stereocenters. The molecule has 1 aromatic rings. The summed E-state index contributed by atoms with van der Waals surface area (Å²) in [6.45, 7) is 4.64. The van der Waals surface area contributed by atoms with Crippen LogP contribution in [0.2, 0.25) is 0 Å². The highest BCUT2D eigenvalue weighted by Gasteiger charge is 2.26. The van der Waals surface area contributed by atoms with Gasteiger partial charge < -0.3 is 10.6 Å². The summed E-state index contributed by atoms with van der Waals surface area (Å²) >= 11 is 0. The van der Waals surface area contributed by atoms with Crippen molar-refractivity contribution in [3.63, 3.8) is 0 Å². The van der Waals surface area contributed by atoms with Crippen molar-refractivity contribution in [2.45, 2.75) is 37.6 Å². The van der Waals surface area contributed by atoms with Crippen molar-refractivity contribution in [2.75, 3.05) is 18.4 Å². The zero-order valence-electron chi connectivity index (χ0n) is 12.3. The van der Waals surface area contributed by atoms with Gasteiger partial charge in [-0.15, -0.1) is 0 Å². The van der Waals surface area contributed by atoms with Crippen molar-refractivity contribution in [3.05, 3.63) is 23.8 Å². The summed E-state index contributed by atoms with van der Waals surface area (Å²) < 4.78 is 27.4. The number of likely N-dealkylation sites (N-methyl/N-ethyl adjacent to an activating group) is 1. The zero-order valence-corrected chi connectivity index (χ0v) is 13.1. The lowest BCUT2D eigenvalue weighted by atomic mass is 10.0. The summed E-state index contributed by atoms with van der Waals surface area (Å²) in [6, 6.07) is 4.37. The van der Waals surface area contributed by atoms with Gasteiger partial charge in [-0.05, 0) is 44.4 Å². The standard InChI is InChI=1S/C14H21N3O3S/c1-3-15-14(18)10(2)17-21(19,20)13-8-4-7-12-11(13)6-5-9-16-12/h4,7-8,10,16-17H,3,5-6,9H2,1-2H3,(H,15,18). The first-order valence-corrected chi connectivity index (χ1v) is 8.60. The Labute approximate surface area is 125 Å². The van der Waals surface area contributed by atoms with Gasteiger partial charge in [0, 0.05) is 18.8 Å². The third-order valence-corrected chi connectivity index (χ3v) is 5.04. The van der Waals surface area contributed by atoms with E-state index in [0.717, 1.165) is 30.6 Å². The van der Waals surface area contributed by atoms with Crippen LogP contribution in [0.5, 0.6) is 0 Å². The lowest BCUT2D eigenvalue weighted by Crippen LogP contribution is -2.44. The fourth-order valence-corrected chi connectivity index (χ4v) is 3.90. The van der Waals surface area contributed by atoms with Crippen LogP contribution in [0.1, 0.15) is 25.8 Å². The van der Waals surface area contributed by atoms with Crippen molar-refractivity contribution in [2.24, 2.45) is 0 Å². The number of carbonyl (C=O) groups is 1. The van der Waals surface area contributed by atoms with Crippen molar-refractivity contribution in [1.29, 1.82) is 0 Å². The third-order valence-electron chi connectivity index (χ3n) is 3.42. The van der Waals surface area contributed by atoms with Crippen LogP contribution >= 0.6 is 0 Å².